The quantitative estimate of drug-likeness (QED) is 0.847. The summed E-state index contributed by atoms with van der Waals surface area (Å²) >= 11 is 6.16. The number of rotatable bonds is 5. The minimum atomic E-state index is -0.793. The molecule has 1 saturated carbocycles. The van der Waals surface area contributed by atoms with Gasteiger partial charge in [0.1, 0.15) is 0 Å². The third-order valence-corrected chi connectivity index (χ3v) is 5.21. The number of halogens is 1. The second-order valence-corrected chi connectivity index (χ2v) is 7.17. The smallest absolute Gasteiger partial charge is 0.408 e. The van der Waals surface area contributed by atoms with Crippen molar-refractivity contribution in [1.82, 2.24) is 10.6 Å². The molecule has 2 aliphatic rings. The molecule has 4 rings (SSSR count). The van der Waals surface area contributed by atoms with E-state index in [0.717, 1.165) is 12.0 Å². The van der Waals surface area contributed by atoms with E-state index in [2.05, 4.69) is 22.8 Å². The van der Waals surface area contributed by atoms with Crippen molar-refractivity contribution < 1.29 is 14.3 Å². The third-order valence-electron chi connectivity index (χ3n) is 4.97. The van der Waals surface area contributed by atoms with Crippen molar-refractivity contribution in [2.75, 3.05) is 6.54 Å². The van der Waals surface area contributed by atoms with Crippen LogP contribution in [0.25, 0.3) is 0 Å². The number of carbonyl (C=O) groups is 2. The summed E-state index contributed by atoms with van der Waals surface area (Å²) in [7, 11) is 0. The molecule has 134 valence electrons. The van der Waals surface area contributed by atoms with Crippen molar-refractivity contribution in [3.8, 4) is 0 Å². The van der Waals surface area contributed by atoms with E-state index in [0.29, 0.717) is 10.9 Å². The Bertz CT molecular complexity index is 827. The second kappa shape index (κ2) is 7.00. The number of hydrogen-bond donors (Lipinski definition) is 2. The summed E-state index contributed by atoms with van der Waals surface area (Å²) in [6.45, 7) is 0.194. The zero-order chi connectivity index (χ0) is 18.1. The van der Waals surface area contributed by atoms with Gasteiger partial charge in [0, 0.05) is 5.02 Å². The molecule has 0 bridgehead atoms. The van der Waals surface area contributed by atoms with Gasteiger partial charge in [-0.3, -0.25) is 4.79 Å². The van der Waals surface area contributed by atoms with Gasteiger partial charge in [0.25, 0.3) is 5.91 Å². The Morgan fingerprint density at radius 1 is 1.19 bits per heavy atom. The number of amides is 2. The third kappa shape index (κ3) is 3.53. The molecule has 26 heavy (non-hydrogen) atoms. The van der Waals surface area contributed by atoms with Gasteiger partial charge in [-0.2, -0.15) is 0 Å². The Hall–Kier alpha value is -2.53. The van der Waals surface area contributed by atoms with Crippen molar-refractivity contribution in [1.29, 1.82) is 0 Å². The van der Waals surface area contributed by atoms with Gasteiger partial charge < -0.3 is 15.4 Å². The normalized spacial score (nSPS) is 25.1. The van der Waals surface area contributed by atoms with Crippen molar-refractivity contribution in [2.24, 2.45) is 5.92 Å². The maximum absolute atomic E-state index is 12.6. The lowest BCUT2D eigenvalue weighted by Crippen LogP contribution is -2.40. The van der Waals surface area contributed by atoms with Gasteiger partial charge in [0.15, 0.2) is 6.10 Å². The summed E-state index contributed by atoms with van der Waals surface area (Å²) in [6, 6.07) is 17.7. The van der Waals surface area contributed by atoms with Gasteiger partial charge in [-0.25, -0.2) is 4.79 Å². The minimum Gasteiger partial charge on any atom is -0.434 e. The fraction of sp³-hybridized carbons (Fsp3) is 0.300. The first kappa shape index (κ1) is 16.9. The summed E-state index contributed by atoms with van der Waals surface area (Å²) in [6.07, 6.45) is -0.361. The number of benzene rings is 2. The van der Waals surface area contributed by atoms with Crippen molar-refractivity contribution in [3.63, 3.8) is 0 Å². The molecule has 2 amide bonds. The van der Waals surface area contributed by atoms with Gasteiger partial charge in [-0.15, -0.1) is 0 Å². The highest BCUT2D eigenvalue weighted by Crippen LogP contribution is 2.54. The highest BCUT2D eigenvalue weighted by molar-refractivity contribution is 6.30. The van der Waals surface area contributed by atoms with Crippen LogP contribution in [0.1, 0.15) is 29.5 Å². The Morgan fingerprint density at radius 3 is 2.69 bits per heavy atom. The van der Waals surface area contributed by atoms with Crippen LogP contribution in [0.5, 0.6) is 0 Å². The van der Waals surface area contributed by atoms with E-state index >= 15 is 0 Å². The summed E-state index contributed by atoms with van der Waals surface area (Å²) in [5.41, 5.74) is 2.24. The van der Waals surface area contributed by atoms with E-state index < -0.39 is 12.2 Å². The zero-order valence-corrected chi connectivity index (χ0v) is 14.8. The van der Waals surface area contributed by atoms with Crippen molar-refractivity contribution in [3.05, 3.63) is 70.7 Å². The Kier molecular flexibility index (Phi) is 4.55. The van der Waals surface area contributed by atoms with Gasteiger partial charge in [-0.05, 0) is 41.5 Å². The molecule has 1 unspecified atom stereocenters. The van der Waals surface area contributed by atoms with Crippen LogP contribution in [0.4, 0.5) is 4.79 Å². The number of alkyl carbamates (subject to hydrolysis) is 1. The number of carbonyl (C=O) groups excluding carboxylic acids is 2. The molecule has 1 saturated heterocycles. The van der Waals surface area contributed by atoms with E-state index in [-0.39, 0.29) is 24.4 Å². The molecule has 2 aromatic carbocycles. The molecule has 4 atom stereocenters. The molecule has 0 spiro atoms. The highest BCUT2D eigenvalue weighted by Gasteiger charge is 2.46. The second-order valence-electron chi connectivity index (χ2n) is 6.73. The Balaban J connectivity index is 1.55. The van der Waals surface area contributed by atoms with Crippen LogP contribution in [0.15, 0.2) is 54.6 Å². The molecule has 0 radical (unpaired) electrons. The standard InChI is InChI=1S/C20H19ClN2O3/c21-14-8-4-7-13(9-14)18(23-19(24)17-11-22-20(25)26-17)16-10-15(16)12-5-2-1-3-6-12/h1-9,15-18H,10-11H2,(H,22,25)(H,23,24)/t15-,16-,17+,18?/m1/s1. The minimum absolute atomic E-state index is 0.175. The lowest BCUT2D eigenvalue weighted by molar-refractivity contribution is -0.128. The molecule has 1 heterocycles. The molecule has 0 aromatic heterocycles. The van der Waals surface area contributed by atoms with Crippen LogP contribution < -0.4 is 10.6 Å². The van der Waals surface area contributed by atoms with Crippen LogP contribution in [0, 0.1) is 5.92 Å². The van der Waals surface area contributed by atoms with Crippen LogP contribution in [0.2, 0.25) is 5.02 Å². The van der Waals surface area contributed by atoms with Gasteiger partial charge in [-0.1, -0.05) is 54.1 Å². The molecule has 2 N–H and O–H groups in total. The van der Waals surface area contributed by atoms with Gasteiger partial charge in [0.2, 0.25) is 0 Å². The summed E-state index contributed by atoms with van der Waals surface area (Å²) in [5, 5.41) is 6.21. The molecular weight excluding hydrogens is 352 g/mol. The molecular formula is C20H19ClN2O3. The first-order valence-electron chi connectivity index (χ1n) is 8.67. The lowest BCUT2D eigenvalue weighted by atomic mass is 9.98. The topological polar surface area (TPSA) is 67.4 Å². The maximum Gasteiger partial charge on any atom is 0.408 e. The molecule has 2 aromatic rings. The molecule has 1 aliphatic carbocycles. The van der Waals surface area contributed by atoms with Crippen molar-refractivity contribution >= 4 is 23.6 Å². The predicted octanol–water partition coefficient (Wildman–Crippen LogP) is 3.41. The van der Waals surface area contributed by atoms with E-state index in [1.165, 1.54) is 5.56 Å². The van der Waals surface area contributed by atoms with Crippen LogP contribution in [0.3, 0.4) is 0 Å². The SMILES string of the molecule is O=C1NC[C@@H](C(=O)NC(c2cccc(Cl)c2)[C@@H]2C[C@@H]2c2ccccc2)O1. The summed E-state index contributed by atoms with van der Waals surface area (Å²) in [5.74, 6) is 0.390. The van der Waals surface area contributed by atoms with Crippen LogP contribution in [-0.2, 0) is 9.53 Å². The monoisotopic (exact) mass is 370 g/mol. The Labute approximate surface area is 156 Å². The van der Waals surface area contributed by atoms with E-state index in [9.17, 15) is 9.59 Å². The first-order chi connectivity index (χ1) is 12.6. The summed E-state index contributed by atoms with van der Waals surface area (Å²) < 4.78 is 5.01. The van der Waals surface area contributed by atoms with Gasteiger partial charge >= 0.3 is 6.09 Å². The van der Waals surface area contributed by atoms with E-state index in [1.807, 2.05) is 42.5 Å². The molecule has 2 fully saturated rings. The Morgan fingerprint density at radius 2 is 2.00 bits per heavy atom. The summed E-state index contributed by atoms with van der Waals surface area (Å²) in [4.78, 5) is 23.8. The van der Waals surface area contributed by atoms with Gasteiger partial charge in [0.05, 0.1) is 12.6 Å². The van der Waals surface area contributed by atoms with Crippen LogP contribution in [-0.4, -0.2) is 24.6 Å². The fourth-order valence-corrected chi connectivity index (χ4v) is 3.78. The van der Waals surface area contributed by atoms with Crippen molar-refractivity contribution in [2.45, 2.75) is 24.5 Å². The largest absolute Gasteiger partial charge is 0.434 e. The average Bonchev–Trinajstić information content (AvgIpc) is 3.32. The van der Waals surface area contributed by atoms with E-state index in [1.54, 1.807) is 0 Å². The number of hydrogen-bond acceptors (Lipinski definition) is 3. The molecule has 5 nitrogen and oxygen atoms in total. The maximum atomic E-state index is 12.6. The fourth-order valence-electron chi connectivity index (χ4n) is 3.59. The molecule has 1 aliphatic heterocycles. The molecule has 6 heteroatoms. The lowest BCUT2D eigenvalue weighted by Gasteiger charge is -2.21. The average molecular weight is 371 g/mol. The first-order valence-corrected chi connectivity index (χ1v) is 9.05. The predicted molar refractivity (Wildman–Crippen MR) is 97.9 cm³/mol. The van der Waals surface area contributed by atoms with Crippen LogP contribution >= 0.6 is 11.6 Å². The zero-order valence-electron chi connectivity index (χ0n) is 14.0. The number of ether oxygens (including phenoxy) is 1. The number of cyclic esters (lactones) is 1. The number of nitrogens with one attached hydrogen (secondary N) is 2. The highest BCUT2D eigenvalue weighted by atomic mass is 35.5. The van der Waals surface area contributed by atoms with E-state index in [4.69, 9.17) is 16.3 Å².